The number of nitrogen functional groups attached to an aromatic ring is 1. The van der Waals surface area contributed by atoms with E-state index < -0.39 is 12.0 Å². The van der Waals surface area contributed by atoms with Gasteiger partial charge >= 0.3 is 6.01 Å². The fourth-order valence-electron chi connectivity index (χ4n) is 8.46. The monoisotopic (exact) mass is 598 g/mol. The first kappa shape index (κ1) is 28.0. The molecule has 4 saturated heterocycles. The molecule has 0 unspecified atom stereocenters. The lowest BCUT2D eigenvalue weighted by atomic mass is 9.92. The molecule has 44 heavy (non-hydrogen) atoms. The summed E-state index contributed by atoms with van der Waals surface area (Å²) in [5.74, 6) is 0.292. The van der Waals surface area contributed by atoms with Gasteiger partial charge in [-0.25, -0.2) is 8.78 Å². The number of rotatable bonds is 6. The second-order valence-corrected chi connectivity index (χ2v) is 13.3. The average Bonchev–Trinajstić information content (AvgIpc) is 3.66. The van der Waals surface area contributed by atoms with E-state index in [1.54, 1.807) is 0 Å². The minimum absolute atomic E-state index is 0.154. The standard InChI is InChI=1S/C35H40F2N6O/c1-2-21-5-3-6-22-15-24(38)16-29(30(21)22)27-9-10-28-32(31(27)37)40-34(44-20-35-12-4-13-43(35)18-23(36)17-35)41-33(28)42-14-11-25-7-8-26(19-42)39-25/h3,5-6,9-10,15-16,23,25-26,39H,2,4,7-8,11-14,17-20,38H2,1H3/t23-,25-,26+,35+/m1/s1. The summed E-state index contributed by atoms with van der Waals surface area (Å²) in [7, 11) is 0. The van der Waals surface area contributed by atoms with Crippen LogP contribution >= 0.6 is 0 Å². The van der Waals surface area contributed by atoms with E-state index in [1.165, 1.54) is 6.42 Å². The molecule has 1 aromatic heterocycles. The Kier molecular flexibility index (Phi) is 6.86. The Morgan fingerprint density at radius 1 is 1.05 bits per heavy atom. The van der Waals surface area contributed by atoms with Gasteiger partial charge in [-0.1, -0.05) is 31.2 Å². The second-order valence-electron chi connectivity index (χ2n) is 13.3. The zero-order valence-electron chi connectivity index (χ0n) is 25.3. The fraction of sp³-hybridized carbons (Fsp3) is 0.486. The van der Waals surface area contributed by atoms with E-state index in [0.29, 0.717) is 54.1 Å². The largest absolute Gasteiger partial charge is 0.461 e. The quantitative estimate of drug-likeness (QED) is 0.263. The van der Waals surface area contributed by atoms with E-state index in [9.17, 15) is 4.39 Å². The predicted molar refractivity (Wildman–Crippen MR) is 172 cm³/mol. The highest BCUT2D eigenvalue weighted by Gasteiger charge is 2.49. The molecule has 230 valence electrons. The Bertz CT molecular complexity index is 1750. The third kappa shape index (κ3) is 4.67. The van der Waals surface area contributed by atoms with Crippen LogP contribution in [0.1, 0.15) is 51.0 Å². The number of halogens is 2. The van der Waals surface area contributed by atoms with Crippen molar-refractivity contribution in [3.05, 3.63) is 53.8 Å². The van der Waals surface area contributed by atoms with Gasteiger partial charge in [-0.3, -0.25) is 4.90 Å². The van der Waals surface area contributed by atoms with Crippen LogP contribution < -0.4 is 20.7 Å². The van der Waals surface area contributed by atoms with E-state index in [-0.39, 0.29) is 17.1 Å². The Morgan fingerprint density at radius 2 is 1.93 bits per heavy atom. The van der Waals surface area contributed by atoms with Gasteiger partial charge in [0.15, 0.2) is 5.82 Å². The van der Waals surface area contributed by atoms with Gasteiger partial charge in [0.05, 0.1) is 5.54 Å². The summed E-state index contributed by atoms with van der Waals surface area (Å²) in [5, 5.41) is 6.40. The van der Waals surface area contributed by atoms with E-state index >= 15 is 4.39 Å². The summed E-state index contributed by atoms with van der Waals surface area (Å²) in [4.78, 5) is 14.2. The van der Waals surface area contributed by atoms with Crippen LogP contribution in [0, 0.1) is 5.82 Å². The number of fused-ring (bicyclic) bond motifs is 5. The van der Waals surface area contributed by atoms with Crippen LogP contribution in [-0.2, 0) is 6.42 Å². The summed E-state index contributed by atoms with van der Waals surface area (Å²) in [5.41, 5.74) is 9.18. The molecule has 4 aliphatic heterocycles. The van der Waals surface area contributed by atoms with Crippen LogP contribution in [0.25, 0.3) is 32.8 Å². The van der Waals surface area contributed by atoms with Crippen molar-refractivity contribution >= 4 is 33.2 Å². The molecular weight excluding hydrogens is 558 g/mol. The molecule has 4 fully saturated rings. The fourth-order valence-corrected chi connectivity index (χ4v) is 8.46. The first-order chi connectivity index (χ1) is 21.4. The van der Waals surface area contributed by atoms with Gasteiger partial charge in [0, 0.05) is 54.8 Å². The van der Waals surface area contributed by atoms with Gasteiger partial charge in [0.2, 0.25) is 0 Å². The molecule has 0 aliphatic carbocycles. The summed E-state index contributed by atoms with van der Waals surface area (Å²) < 4.78 is 37.8. The minimum Gasteiger partial charge on any atom is -0.461 e. The third-order valence-corrected chi connectivity index (χ3v) is 10.6. The van der Waals surface area contributed by atoms with Crippen molar-refractivity contribution in [3.8, 4) is 17.1 Å². The number of hydrogen-bond donors (Lipinski definition) is 2. The minimum atomic E-state index is -0.854. The zero-order chi connectivity index (χ0) is 30.0. The van der Waals surface area contributed by atoms with Crippen molar-refractivity contribution in [2.24, 2.45) is 0 Å². The van der Waals surface area contributed by atoms with Gasteiger partial charge in [-0.2, -0.15) is 9.97 Å². The molecule has 3 N–H and O–H groups in total. The lowest BCUT2D eigenvalue weighted by Gasteiger charge is -2.31. The number of alkyl halides is 1. The van der Waals surface area contributed by atoms with Crippen molar-refractivity contribution in [1.82, 2.24) is 20.2 Å². The first-order valence-electron chi connectivity index (χ1n) is 16.3. The topological polar surface area (TPSA) is 79.5 Å². The van der Waals surface area contributed by atoms with E-state index in [0.717, 1.165) is 73.6 Å². The molecule has 0 radical (unpaired) electrons. The number of aromatic nitrogens is 2. The van der Waals surface area contributed by atoms with Crippen molar-refractivity contribution in [3.63, 3.8) is 0 Å². The van der Waals surface area contributed by atoms with Gasteiger partial charge in [-0.15, -0.1) is 0 Å². The van der Waals surface area contributed by atoms with E-state index in [2.05, 4.69) is 28.1 Å². The lowest BCUT2D eigenvalue weighted by molar-refractivity contribution is 0.107. The molecule has 9 heteroatoms. The first-order valence-corrected chi connectivity index (χ1v) is 16.3. The summed E-state index contributed by atoms with van der Waals surface area (Å²) in [6.45, 7) is 5.35. The van der Waals surface area contributed by atoms with Crippen molar-refractivity contribution in [1.29, 1.82) is 0 Å². The predicted octanol–water partition coefficient (Wildman–Crippen LogP) is 6.02. The van der Waals surface area contributed by atoms with Crippen LogP contribution in [0.3, 0.4) is 0 Å². The third-order valence-electron chi connectivity index (χ3n) is 10.6. The van der Waals surface area contributed by atoms with Crippen molar-refractivity contribution in [2.75, 3.05) is 43.4 Å². The number of nitrogens with zero attached hydrogens (tertiary/aromatic N) is 4. The molecule has 2 bridgehead atoms. The zero-order valence-corrected chi connectivity index (χ0v) is 25.3. The molecule has 4 aromatic rings. The molecule has 4 atom stereocenters. The average molecular weight is 599 g/mol. The maximum absolute atomic E-state index is 16.9. The number of benzene rings is 3. The molecule has 3 aromatic carbocycles. The molecule has 8 rings (SSSR count). The van der Waals surface area contributed by atoms with Gasteiger partial charge in [0.1, 0.15) is 24.1 Å². The van der Waals surface area contributed by atoms with Crippen LogP contribution in [-0.4, -0.2) is 71.4 Å². The molecular formula is C35H40F2N6O. The number of aryl methyl sites for hydroxylation is 1. The second kappa shape index (κ2) is 10.8. The number of nitrogens with one attached hydrogen (secondary N) is 1. The molecule has 0 saturated carbocycles. The Hall–Kier alpha value is -3.56. The van der Waals surface area contributed by atoms with E-state index in [1.807, 2.05) is 36.4 Å². The molecule has 7 nitrogen and oxygen atoms in total. The Balaban J connectivity index is 1.26. The highest BCUT2D eigenvalue weighted by molar-refractivity contribution is 6.03. The maximum atomic E-state index is 16.9. The molecule has 0 spiro atoms. The SMILES string of the molecule is CCc1cccc2cc(N)cc(-c3ccc4c(N5CC[C@H]6CC[C@@H](C5)N6)nc(OC[C@@]56CCCN5C[C@H](F)C6)nc4c3F)c12. The molecule has 0 amide bonds. The lowest BCUT2D eigenvalue weighted by Crippen LogP contribution is -2.43. The van der Waals surface area contributed by atoms with Gasteiger partial charge in [0.25, 0.3) is 0 Å². The number of ether oxygens (including phenoxy) is 1. The number of hydrogen-bond acceptors (Lipinski definition) is 7. The summed E-state index contributed by atoms with van der Waals surface area (Å²) in [6.07, 6.45) is 5.64. The number of nitrogens with two attached hydrogens (primary N) is 1. The smallest absolute Gasteiger partial charge is 0.319 e. The van der Waals surface area contributed by atoms with Crippen LogP contribution in [0.2, 0.25) is 0 Å². The van der Waals surface area contributed by atoms with Crippen LogP contribution in [0.4, 0.5) is 20.3 Å². The molecule has 5 heterocycles. The Morgan fingerprint density at radius 3 is 2.82 bits per heavy atom. The van der Waals surface area contributed by atoms with Crippen molar-refractivity contribution in [2.45, 2.75) is 75.7 Å². The van der Waals surface area contributed by atoms with E-state index in [4.69, 9.17) is 20.4 Å². The normalized spacial score (nSPS) is 26.9. The summed E-state index contributed by atoms with van der Waals surface area (Å²) in [6, 6.07) is 14.8. The van der Waals surface area contributed by atoms with Gasteiger partial charge < -0.3 is 20.7 Å². The van der Waals surface area contributed by atoms with Gasteiger partial charge in [-0.05, 0) is 85.2 Å². The van der Waals surface area contributed by atoms with Crippen molar-refractivity contribution < 1.29 is 13.5 Å². The van der Waals surface area contributed by atoms with Crippen LogP contribution in [0.15, 0.2) is 42.5 Å². The molecule has 4 aliphatic rings. The highest BCUT2D eigenvalue weighted by Crippen LogP contribution is 2.42. The van der Waals surface area contributed by atoms with Crippen LogP contribution in [0.5, 0.6) is 6.01 Å². The number of anilines is 2. The highest BCUT2D eigenvalue weighted by atomic mass is 19.1. The Labute approximate surface area is 256 Å². The maximum Gasteiger partial charge on any atom is 0.319 e. The summed E-state index contributed by atoms with van der Waals surface area (Å²) >= 11 is 0.